The fourth-order valence-corrected chi connectivity index (χ4v) is 4.20. The molecule has 1 aliphatic heterocycles. The topological polar surface area (TPSA) is 9.23 Å². The van der Waals surface area contributed by atoms with Crippen molar-refractivity contribution in [3.63, 3.8) is 0 Å². The van der Waals surface area contributed by atoms with Gasteiger partial charge in [-0.3, -0.25) is 0 Å². The zero-order valence-corrected chi connectivity index (χ0v) is 14.5. The fraction of sp³-hybridized carbons (Fsp3) is 0.684. The molecule has 2 aliphatic rings. The molecule has 1 fully saturated rings. The van der Waals surface area contributed by atoms with E-state index in [9.17, 15) is 26.3 Å². The minimum absolute atomic E-state index is 0.0426. The SMILES string of the molecule is CCCC1CCC(c2cc(F)c3c(c2)C(F)(F)OC(C(F)(F)F)C3)CC1. The van der Waals surface area contributed by atoms with E-state index >= 15 is 0 Å². The number of fused-ring (bicyclic) bond motifs is 1. The van der Waals surface area contributed by atoms with Gasteiger partial charge in [0.1, 0.15) is 5.82 Å². The lowest BCUT2D eigenvalue weighted by molar-refractivity contribution is -0.339. The van der Waals surface area contributed by atoms with Crippen LogP contribution in [0, 0.1) is 11.7 Å². The van der Waals surface area contributed by atoms with Crippen LogP contribution in [0.15, 0.2) is 12.1 Å². The van der Waals surface area contributed by atoms with E-state index in [1.165, 1.54) is 0 Å². The van der Waals surface area contributed by atoms with Gasteiger partial charge >= 0.3 is 12.3 Å². The monoisotopic (exact) mass is 380 g/mol. The summed E-state index contributed by atoms with van der Waals surface area (Å²) in [5, 5.41) is 0. The number of alkyl halides is 5. The fourth-order valence-electron chi connectivity index (χ4n) is 4.20. The Morgan fingerprint density at radius 1 is 1.12 bits per heavy atom. The summed E-state index contributed by atoms with van der Waals surface area (Å²) >= 11 is 0. The van der Waals surface area contributed by atoms with Crippen molar-refractivity contribution in [2.45, 2.75) is 76.2 Å². The summed E-state index contributed by atoms with van der Waals surface area (Å²) in [7, 11) is 0. The molecule has 0 bridgehead atoms. The van der Waals surface area contributed by atoms with Crippen LogP contribution in [-0.2, 0) is 17.3 Å². The van der Waals surface area contributed by atoms with Crippen LogP contribution in [0.5, 0.6) is 0 Å². The van der Waals surface area contributed by atoms with E-state index in [0.717, 1.165) is 50.7 Å². The lowest BCUT2D eigenvalue weighted by Gasteiger charge is -2.34. The maximum Gasteiger partial charge on any atom is 0.415 e. The first kappa shape index (κ1) is 19.5. The minimum Gasteiger partial charge on any atom is -0.303 e. The van der Waals surface area contributed by atoms with Gasteiger partial charge in [0.25, 0.3) is 0 Å². The van der Waals surface area contributed by atoms with Gasteiger partial charge in [-0.1, -0.05) is 19.8 Å². The smallest absolute Gasteiger partial charge is 0.303 e. The second kappa shape index (κ2) is 7.06. The second-order valence-electron chi connectivity index (χ2n) is 7.40. The molecule has 1 aromatic rings. The third-order valence-electron chi connectivity index (χ3n) is 5.59. The van der Waals surface area contributed by atoms with Crippen LogP contribution in [-0.4, -0.2) is 12.3 Å². The second-order valence-corrected chi connectivity index (χ2v) is 7.40. The molecule has 1 heterocycles. The first-order valence-electron chi connectivity index (χ1n) is 9.07. The van der Waals surface area contributed by atoms with Crippen molar-refractivity contribution in [2.24, 2.45) is 5.92 Å². The van der Waals surface area contributed by atoms with Crippen molar-refractivity contribution < 1.29 is 31.1 Å². The quantitative estimate of drug-likeness (QED) is 0.548. The summed E-state index contributed by atoms with van der Waals surface area (Å²) < 4.78 is 85.2. The van der Waals surface area contributed by atoms with Gasteiger partial charge in [0.05, 0.1) is 5.56 Å². The number of ether oxygens (including phenoxy) is 1. The molecule has 1 unspecified atom stereocenters. The van der Waals surface area contributed by atoms with E-state index in [1.807, 2.05) is 0 Å². The Hall–Kier alpha value is -1.24. The Labute approximate surface area is 148 Å². The molecular formula is C19H22F6O. The minimum atomic E-state index is -4.97. The maximum atomic E-state index is 14.4. The Balaban J connectivity index is 1.86. The molecule has 1 saturated carbocycles. The Morgan fingerprint density at radius 2 is 1.77 bits per heavy atom. The van der Waals surface area contributed by atoms with E-state index < -0.39 is 41.8 Å². The van der Waals surface area contributed by atoms with Crippen molar-refractivity contribution in [1.82, 2.24) is 0 Å². The largest absolute Gasteiger partial charge is 0.415 e. The summed E-state index contributed by atoms with van der Waals surface area (Å²) in [4.78, 5) is 0. The molecular weight excluding hydrogens is 358 g/mol. The molecule has 0 saturated heterocycles. The summed E-state index contributed by atoms with van der Waals surface area (Å²) in [6.45, 7) is 2.11. The summed E-state index contributed by atoms with van der Waals surface area (Å²) in [5.74, 6) is -0.430. The van der Waals surface area contributed by atoms with Gasteiger partial charge < -0.3 is 4.74 Å². The summed E-state index contributed by atoms with van der Waals surface area (Å²) in [6, 6.07) is 2.29. The summed E-state index contributed by atoms with van der Waals surface area (Å²) in [5.41, 5.74) is -0.916. The van der Waals surface area contributed by atoms with Crippen molar-refractivity contribution in [3.05, 3.63) is 34.6 Å². The third kappa shape index (κ3) is 3.87. The number of halogens is 6. The maximum absolute atomic E-state index is 14.4. The van der Waals surface area contributed by atoms with Gasteiger partial charge in [0, 0.05) is 12.0 Å². The van der Waals surface area contributed by atoms with Crippen LogP contribution in [0.4, 0.5) is 26.3 Å². The molecule has 0 aromatic heterocycles. The van der Waals surface area contributed by atoms with E-state index in [0.29, 0.717) is 11.5 Å². The number of hydrogen-bond acceptors (Lipinski definition) is 1. The molecule has 0 radical (unpaired) electrons. The average molecular weight is 380 g/mol. The highest BCUT2D eigenvalue weighted by molar-refractivity contribution is 5.39. The number of rotatable bonds is 3. The van der Waals surface area contributed by atoms with E-state index in [4.69, 9.17) is 0 Å². The molecule has 7 heteroatoms. The Kier molecular flexibility index (Phi) is 5.30. The van der Waals surface area contributed by atoms with Crippen LogP contribution in [0.2, 0.25) is 0 Å². The molecule has 1 aliphatic carbocycles. The molecule has 0 spiro atoms. The van der Waals surface area contributed by atoms with Crippen LogP contribution in [0.1, 0.15) is 68.1 Å². The van der Waals surface area contributed by atoms with E-state index in [-0.39, 0.29) is 5.92 Å². The average Bonchev–Trinajstić information content (AvgIpc) is 2.55. The van der Waals surface area contributed by atoms with Gasteiger partial charge in [0.2, 0.25) is 0 Å². The van der Waals surface area contributed by atoms with Crippen LogP contribution < -0.4 is 0 Å². The van der Waals surface area contributed by atoms with Gasteiger partial charge in [-0.25, -0.2) is 4.39 Å². The van der Waals surface area contributed by atoms with Crippen LogP contribution in [0.25, 0.3) is 0 Å². The highest BCUT2D eigenvalue weighted by atomic mass is 19.4. The van der Waals surface area contributed by atoms with Crippen LogP contribution >= 0.6 is 0 Å². The van der Waals surface area contributed by atoms with Crippen LogP contribution in [0.3, 0.4) is 0 Å². The van der Waals surface area contributed by atoms with Crippen molar-refractivity contribution >= 4 is 0 Å². The predicted molar refractivity (Wildman–Crippen MR) is 84.5 cm³/mol. The third-order valence-corrected chi connectivity index (χ3v) is 5.59. The highest BCUT2D eigenvalue weighted by Gasteiger charge is 2.53. The standard InChI is InChI=1S/C19H22F6O/c1-2-3-11-4-6-12(7-5-11)13-8-15-14(16(20)9-13)10-17(18(21,22)23)26-19(15,24)25/h8-9,11-12,17H,2-7,10H2,1H3. The normalized spacial score (nSPS) is 28.7. The van der Waals surface area contributed by atoms with E-state index in [1.54, 1.807) is 0 Å². The van der Waals surface area contributed by atoms with E-state index in [2.05, 4.69) is 11.7 Å². The molecule has 146 valence electrons. The summed E-state index contributed by atoms with van der Waals surface area (Å²) in [6.07, 6.45) is -7.06. The molecule has 1 atom stereocenters. The zero-order chi connectivity index (χ0) is 19.1. The first-order chi connectivity index (χ1) is 12.1. The number of benzene rings is 1. The highest BCUT2D eigenvalue weighted by Crippen LogP contribution is 2.46. The Bertz CT molecular complexity index is 646. The van der Waals surface area contributed by atoms with Gasteiger partial charge in [0.15, 0.2) is 6.10 Å². The molecule has 0 amide bonds. The number of hydrogen-bond donors (Lipinski definition) is 0. The zero-order valence-electron chi connectivity index (χ0n) is 14.5. The Morgan fingerprint density at radius 3 is 2.35 bits per heavy atom. The molecule has 1 aromatic carbocycles. The molecule has 3 rings (SSSR count). The first-order valence-corrected chi connectivity index (χ1v) is 9.07. The van der Waals surface area contributed by atoms with Gasteiger partial charge in [-0.05, 0) is 55.2 Å². The molecule has 1 nitrogen and oxygen atoms in total. The lowest BCUT2D eigenvalue weighted by Crippen LogP contribution is -2.43. The lowest BCUT2D eigenvalue weighted by atomic mass is 9.76. The van der Waals surface area contributed by atoms with Gasteiger partial charge in [-0.15, -0.1) is 0 Å². The molecule has 0 N–H and O–H groups in total. The van der Waals surface area contributed by atoms with Crippen molar-refractivity contribution in [3.8, 4) is 0 Å². The van der Waals surface area contributed by atoms with Crippen molar-refractivity contribution in [2.75, 3.05) is 0 Å². The predicted octanol–water partition coefficient (Wildman–Crippen LogP) is 6.45. The molecule has 26 heavy (non-hydrogen) atoms. The van der Waals surface area contributed by atoms with Gasteiger partial charge in [-0.2, -0.15) is 22.0 Å². The van der Waals surface area contributed by atoms with Crippen molar-refractivity contribution in [1.29, 1.82) is 0 Å².